The van der Waals surface area contributed by atoms with Crippen LogP contribution in [0.2, 0.25) is 0 Å². The lowest BCUT2D eigenvalue weighted by molar-refractivity contribution is 0.309. The van der Waals surface area contributed by atoms with Gasteiger partial charge in [-0.05, 0) is 31.2 Å². The molecule has 0 amide bonds. The maximum atomic E-state index is 12.4. The summed E-state index contributed by atoms with van der Waals surface area (Å²) in [6.07, 6.45) is 1.42. The predicted molar refractivity (Wildman–Crippen MR) is 85.1 cm³/mol. The minimum Gasteiger partial charge on any atom is -0.468 e. The van der Waals surface area contributed by atoms with Crippen LogP contribution in [0.4, 0.5) is 0 Å². The molecule has 0 spiro atoms. The Morgan fingerprint density at radius 3 is 2.30 bits per heavy atom. The lowest BCUT2D eigenvalue weighted by Gasteiger charge is -2.37. The molecule has 2 heterocycles. The monoisotopic (exact) mass is 355 g/mol. The van der Waals surface area contributed by atoms with E-state index in [4.69, 9.17) is 4.42 Å². The summed E-state index contributed by atoms with van der Waals surface area (Å²) < 4.78 is 55.6. The zero-order chi connectivity index (χ0) is 16.7. The second-order valence-electron chi connectivity index (χ2n) is 5.64. The molecule has 1 aliphatic heterocycles. The SMILES string of the molecule is Cc1ccc(S(=O)(=O)N2CC(S(=O)(=O)Cc3ccco3)C2)cc1. The predicted octanol–water partition coefficient (Wildman–Crippen LogP) is 1.58. The first-order chi connectivity index (χ1) is 10.8. The van der Waals surface area contributed by atoms with Gasteiger partial charge in [-0.2, -0.15) is 4.31 Å². The first-order valence-electron chi connectivity index (χ1n) is 7.10. The molecule has 1 saturated heterocycles. The Kier molecular flexibility index (Phi) is 4.07. The van der Waals surface area contributed by atoms with E-state index in [1.807, 2.05) is 6.92 Å². The van der Waals surface area contributed by atoms with Gasteiger partial charge in [0, 0.05) is 13.1 Å². The third kappa shape index (κ3) is 3.19. The van der Waals surface area contributed by atoms with Gasteiger partial charge in [-0.3, -0.25) is 0 Å². The largest absolute Gasteiger partial charge is 0.468 e. The van der Waals surface area contributed by atoms with Crippen molar-refractivity contribution < 1.29 is 21.3 Å². The van der Waals surface area contributed by atoms with E-state index >= 15 is 0 Å². The van der Waals surface area contributed by atoms with Gasteiger partial charge in [-0.1, -0.05) is 17.7 Å². The molecule has 0 saturated carbocycles. The van der Waals surface area contributed by atoms with Crippen LogP contribution in [-0.2, 0) is 25.6 Å². The van der Waals surface area contributed by atoms with Gasteiger partial charge in [0.2, 0.25) is 10.0 Å². The fraction of sp³-hybridized carbons (Fsp3) is 0.333. The third-order valence-corrected chi connectivity index (χ3v) is 7.75. The second kappa shape index (κ2) is 5.77. The maximum Gasteiger partial charge on any atom is 0.243 e. The van der Waals surface area contributed by atoms with Gasteiger partial charge in [0.1, 0.15) is 11.5 Å². The summed E-state index contributed by atoms with van der Waals surface area (Å²) in [5.74, 6) is 0.160. The number of hydrogen-bond acceptors (Lipinski definition) is 5. The summed E-state index contributed by atoms with van der Waals surface area (Å²) in [6.45, 7) is 1.84. The van der Waals surface area contributed by atoms with Gasteiger partial charge in [0.05, 0.1) is 16.4 Å². The number of sulfonamides is 1. The quantitative estimate of drug-likeness (QED) is 0.813. The van der Waals surface area contributed by atoms with Crippen LogP contribution >= 0.6 is 0 Å². The minimum absolute atomic E-state index is 0.0146. The van der Waals surface area contributed by atoms with Gasteiger partial charge in [-0.25, -0.2) is 16.8 Å². The number of sulfone groups is 1. The molecule has 0 bridgehead atoms. The van der Waals surface area contributed by atoms with Crippen LogP contribution in [0.15, 0.2) is 52.0 Å². The maximum absolute atomic E-state index is 12.4. The number of furan rings is 1. The molecule has 1 aromatic carbocycles. The second-order valence-corrected chi connectivity index (χ2v) is 9.86. The molecule has 3 rings (SSSR count). The summed E-state index contributed by atoms with van der Waals surface area (Å²) in [7, 11) is -7.06. The van der Waals surface area contributed by atoms with Crippen molar-refractivity contribution in [2.24, 2.45) is 0 Å². The van der Waals surface area contributed by atoms with Crippen molar-refractivity contribution in [3.8, 4) is 0 Å². The smallest absolute Gasteiger partial charge is 0.243 e. The van der Waals surface area contributed by atoms with E-state index in [9.17, 15) is 16.8 Å². The van der Waals surface area contributed by atoms with Gasteiger partial charge in [-0.15, -0.1) is 0 Å². The van der Waals surface area contributed by atoms with E-state index < -0.39 is 25.1 Å². The molecule has 23 heavy (non-hydrogen) atoms. The van der Waals surface area contributed by atoms with Crippen molar-refractivity contribution in [3.63, 3.8) is 0 Å². The van der Waals surface area contributed by atoms with Crippen LogP contribution in [0.3, 0.4) is 0 Å². The van der Waals surface area contributed by atoms with Gasteiger partial charge in [0.25, 0.3) is 0 Å². The Morgan fingerprint density at radius 2 is 1.74 bits per heavy atom. The van der Waals surface area contributed by atoms with Crippen molar-refractivity contribution >= 4 is 19.9 Å². The molecule has 1 fully saturated rings. The zero-order valence-electron chi connectivity index (χ0n) is 12.5. The first-order valence-corrected chi connectivity index (χ1v) is 10.3. The molecule has 0 radical (unpaired) electrons. The van der Waals surface area contributed by atoms with E-state index in [2.05, 4.69) is 0 Å². The Balaban J connectivity index is 1.69. The van der Waals surface area contributed by atoms with Crippen molar-refractivity contribution in [1.82, 2.24) is 4.31 Å². The lowest BCUT2D eigenvalue weighted by Crippen LogP contribution is -2.56. The molecule has 124 valence electrons. The Labute approximate surface area is 135 Å². The van der Waals surface area contributed by atoms with Crippen molar-refractivity contribution in [1.29, 1.82) is 0 Å². The molecule has 0 atom stereocenters. The van der Waals surface area contributed by atoms with Crippen molar-refractivity contribution in [2.45, 2.75) is 22.8 Å². The summed E-state index contributed by atoms with van der Waals surface area (Å²) in [5, 5.41) is -0.687. The third-order valence-electron chi connectivity index (χ3n) is 3.90. The van der Waals surface area contributed by atoms with Crippen LogP contribution in [0.25, 0.3) is 0 Å². The van der Waals surface area contributed by atoms with E-state index in [0.29, 0.717) is 5.76 Å². The lowest BCUT2D eigenvalue weighted by atomic mass is 10.2. The molecular formula is C15H17NO5S2. The highest BCUT2D eigenvalue weighted by Gasteiger charge is 2.43. The van der Waals surface area contributed by atoms with Crippen LogP contribution in [-0.4, -0.2) is 39.5 Å². The van der Waals surface area contributed by atoms with E-state index in [1.54, 1.807) is 24.3 Å². The number of rotatable bonds is 5. The Bertz CT molecular complexity index is 878. The summed E-state index contributed by atoms with van der Waals surface area (Å²) in [4.78, 5) is 0.185. The van der Waals surface area contributed by atoms with E-state index in [-0.39, 0.29) is 23.7 Å². The fourth-order valence-electron chi connectivity index (χ4n) is 2.39. The average Bonchev–Trinajstić information content (AvgIpc) is 2.88. The van der Waals surface area contributed by atoms with Gasteiger partial charge < -0.3 is 4.42 Å². The van der Waals surface area contributed by atoms with E-state index in [1.165, 1.54) is 22.7 Å². The molecule has 0 aliphatic carbocycles. The van der Waals surface area contributed by atoms with Crippen LogP contribution in [0.5, 0.6) is 0 Å². The Hall–Kier alpha value is -1.64. The van der Waals surface area contributed by atoms with Crippen LogP contribution < -0.4 is 0 Å². The molecule has 0 unspecified atom stereocenters. The van der Waals surface area contributed by atoms with Crippen molar-refractivity contribution in [3.05, 3.63) is 54.0 Å². The normalized spacial score (nSPS) is 17.1. The van der Waals surface area contributed by atoms with Crippen LogP contribution in [0.1, 0.15) is 11.3 Å². The van der Waals surface area contributed by atoms with Gasteiger partial charge in [0.15, 0.2) is 9.84 Å². The first kappa shape index (κ1) is 16.2. The topological polar surface area (TPSA) is 84.7 Å². The molecular weight excluding hydrogens is 338 g/mol. The number of aryl methyl sites for hydroxylation is 1. The highest BCUT2D eigenvalue weighted by atomic mass is 32.2. The number of nitrogens with zero attached hydrogens (tertiary/aromatic N) is 1. The van der Waals surface area contributed by atoms with Crippen LogP contribution in [0, 0.1) is 6.92 Å². The summed E-state index contributed by atoms with van der Waals surface area (Å²) in [5.41, 5.74) is 0.964. The average molecular weight is 355 g/mol. The highest BCUT2D eigenvalue weighted by Crippen LogP contribution is 2.27. The molecule has 2 aromatic rings. The summed E-state index contributed by atoms with van der Waals surface area (Å²) in [6, 6.07) is 9.73. The van der Waals surface area contributed by atoms with Gasteiger partial charge >= 0.3 is 0 Å². The van der Waals surface area contributed by atoms with Crippen molar-refractivity contribution in [2.75, 3.05) is 13.1 Å². The number of benzene rings is 1. The highest BCUT2D eigenvalue weighted by molar-refractivity contribution is 7.92. The number of hydrogen-bond donors (Lipinski definition) is 0. The summed E-state index contributed by atoms with van der Waals surface area (Å²) >= 11 is 0. The molecule has 6 nitrogen and oxygen atoms in total. The van der Waals surface area contributed by atoms with E-state index in [0.717, 1.165) is 5.56 Å². The Morgan fingerprint density at radius 1 is 1.09 bits per heavy atom. The standard InChI is InChI=1S/C15H17NO5S2/c1-12-4-6-14(7-5-12)23(19,20)16-9-15(10-16)22(17,18)11-13-3-2-8-21-13/h2-8,15H,9-11H2,1H3. The zero-order valence-corrected chi connectivity index (χ0v) is 14.2. The minimum atomic E-state index is -3.63. The fourth-order valence-corrected chi connectivity index (χ4v) is 5.72. The molecule has 1 aromatic heterocycles. The molecule has 8 heteroatoms. The molecule has 0 N–H and O–H groups in total. The molecule has 1 aliphatic rings.